The minimum Gasteiger partial charge on any atom is -0.497 e. The summed E-state index contributed by atoms with van der Waals surface area (Å²) in [5.74, 6) is 1.53. The molecule has 1 aliphatic carbocycles. The molecule has 0 amide bonds. The summed E-state index contributed by atoms with van der Waals surface area (Å²) in [7, 11) is 1.70. The minimum absolute atomic E-state index is 0.147. The summed E-state index contributed by atoms with van der Waals surface area (Å²) in [5.41, 5.74) is 8.81. The number of rotatable bonds is 3. The molecule has 0 unspecified atom stereocenters. The molecular formula is C15H20N2O. The van der Waals surface area contributed by atoms with Crippen LogP contribution in [-0.2, 0) is 0 Å². The van der Waals surface area contributed by atoms with Gasteiger partial charge in [-0.2, -0.15) is 0 Å². The number of nitrogens with one attached hydrogen (secondary N) is 1. The lowest BCUT2D eigenvalue weighted by Gasteiger charge is -2.18. The highest BCUT2D eigenvalue weighted by Gasteiger charge is 2.25. The maximum Gasteiger partial charge on any atom is 0.119 e. The van der Waals surface area contributed by atoms with E-state index in [-0.39, 0.29) is 6.04 Å². The molecule has 2 aromatic rings. The number of methoxy groups -OCH3 is 1. The van der Waals surface area contributed by atoms with E-state index in [9.17, 15) is 0 Å². The Kier molecular flexibility index (Phi) is 3.00. The van der Waals surface area contributed by atoms with Gasteiger partial charge in [-0.05, 0) is 42.5 Å². The molecule has 3 N–H and O–H groups in total. The topological polar surface area (TPSA) is 51.0 Å². The first-order valence-corrected chi connectivity index (χ1v) is 6.70. The maximum absolute atomic E-state index is 6.44. The molecule has 96 valence electrons. The van der Waals surface area contributed by atoms with E-state index < -0.39 is 0 Å². The smallest absolute Gasteiger partial charge is 0.119 e. The minimum atomic E-state index is 0.147. The molecule has 18 heavy (non-hydrogen) atoms. The Labute approximate surface area is 107 Å². The Morgan fingerprint density at radius 3 is 2.83 bits per heavy atom. The second-order valence-electron chi connectivity index (χ2n) is 5.23. The average Bonchev–Trinajstić information content (AvgIpc) is 3.06. The summed E-state index contributed by atoms with van der Waals surface area (Å²) in [4.78, 5) is 3.31. The van der Waals surface area contributed by atoms with Crippen molar-refractivity contribution in [3.63, 3.8) is 0 Å². The van der Waals surface area contributed by atoms with Crippen molar-refractivity contribution in [1.29, 1.82) is 0 Å². The largest absolute Gasteiger partial charge is 0.497 e. The third-order valence-corrected chi connectivity index (χ3v) is 4.19. The Bertz CT molecular complexity index is 540. The van der Waals surface area contributed by atoms with E-state index in [2.05, 4.69) is 23.3 Å². The molecule has 0 aliphatic heterocycles. The average molecular weight is 244 g/mol. The van der Waals surface area contributed by atoms with Crippen LogP contribution in [-0.4, -0.2) is 12.1 Å². The zero-order chi connectivity index (χ0) is 12.5. The van der Waals surface area contributed by atoms with Crippen LogP contribution in [0.3, 0.4) is 0 Å². The fraction of sp³-hybridized carbons (Fsp3) is 0.467. The second-order valence-corrected chi connectivity index (χ2v) is 5.23. The highest BCUT2D eigenvalue weighted by Crippen LogP contribution is 2.37. The molecule has 3 rings (SSSR count). The molecule has 1 aliphatic rings. The number of hydrogen-bond acceptors (Lipinski definition) is 2. The normalized spacial score (nSPS) is 18.3. The molecule has 0 radical (unpaired) electrons. The van der Waals surface area contributed by atoms with Crippen molar-refractivity contribution in [2.45, 2.75) is 31.7 Å². The van der Waals surface area contributed by atoms with Gasteiger partial charge in [0, 0.05) is 23.1 Å². The molecule has 1 heterocycles. The zero-order valence-corrected chi connectivity index (χ0v) is 10.8. The summed E-state index contributed by atoms with van der Waals surface area (Å²) in [6, 6.07) is 6.26. The van der Waals surface area contributed by atoms with Gasteiger partial charge < -0.3 is 15.5 Å². The molecule has 1 fully saturated rings. The van der Waals surface area contributed by atoms with Crippen molar-refractivity contribution in [3.05, 3.63) is 30.0 Å². The molecule has 1 atom stereocenters. The Hall–Kier alpha value is -1.48. The van der Waals surface area contributed by atoms with Crippen molar-refractivity contribution < 1.29 is 4.74 Å². The quantitative estimate of drug-likeness (QED) is 0.869. The Morgan fingerprint density at radius 1 is 1.33 bits per heavy atom. The summed E-state index contributed by atoms with van der Waals surface area (Å²) in [6.45, 7) is 0. The van der Waals surface area contributed by atoms with Gasteiger partial charge in [-0.15, -0.1) is 0 Å². The van der Waals surface area contributed by atoms with E-state index in [1.54, 1.807) is 7.11 Å². The number of nitrogens with two attached hydrogens (primary N) is 1. The standard InChI is InChI=1S/C15H20N2O/c1-18-11-6-7-14-12(8-11)13(9-17-14)15(16)10-4-2-3-5-10/h6-10,15,17H,2-5,16H2,1H3/t15-/m1/s1. The van der Waals surface area contributed by atoms with Crippen LogP contribution in [0.15, 0.2) is 24.4 Å². The third kappa shape index (κ3) is 1.89. The van der Waals surface area contributed by atoms with E-state index in [1.807, 2.05) is 6.07 Å². The van der Waals surface area contributed by atoms with Crippen molar-refractivity contribution in [3.8, 4) is 5.75 Å². The maximum atomic E-state index is 6.44. The lowest BCUT2D eigenvalue weighted by atomic mass is 9.92. The SMILES string of the molecule is COc1ccc2[nH]cc([C@H](N)C3CCCC3)c2c1. The summed E-state index contributed by atoms with van der Waals surface area (Å²) < 4.78 is 5.30. The molecule has 0 bridgehead atoms. The highest BCUT2D eigenvalue weighted by molar-refractivity contribution is 5.85. The van der Waals surface area contributed by atoms with E-state index in [4.69, 9.17) is 10.5 Å². The first-order chi connectivity index (χ1) is 8.79. The number of fused-ring (bicyclic) bond motifs is 1. The number of ether oxygens (including phenoxy) is 1. The van der Waals surface area contributed by atoms with E-state index >= 15 is 0 Å². The summed E-state index contributed by atoms with van der Waals surface area (Å²) in [5, 5.41) is 1.20. The van der Waals surface area contributed by atoms with Gasteiger partial charge in [-0.1, -0.05) is 12.8 Å². The second kappa shape index (κ2) is 4.65. The van der Waals surface area contributed by atoms with Gasteiger partial charge in [-0.25, -0.2) is 0 Å². The molecule has 3 heteroatoms. The van der Waals surface area contributed by atoms with Crippen LogP contribution in [0.25, 0.3) is 10.9 Å². The van der Waals surface area contributed by atoms with Crippen LogP contribution in [0.5, 0.6) is 5.75 Å². The van der Waals surface area contributed by atoms with Crippen LogP contribution < -0.4 is 10.5 Å². The fourth-order valence-corrected chi connectivity index (χ4v) is 3.09. The Morgan fingerprint density at radius 2 is 2.11 bits per heavy atom. The van der Waals surface area contributed by atoms with Gasteiger partial charge in [0.2, 0.25) is 0 Å². The summed E-state index contributed by atoms with van der Waals surface area (Å²) in [6.07, 6.45) is 7.23. The number of benzene rings is 1. The zero-order valence-electron chi connectivity index (χ0n) is 10.8. The number of aromatic amines is 1. The molecule has 1 saturated carbocycles. The lowest BCUT2D eigenvalue weighted by Crippen LogP contribution is -2.18. The van der Waals surface area contributed by atoms with Gasteiger partial charge in [0.05, 0.1) is 7.11 Å². The molecule has 0 spiro atoms. The van der Waals surface area contributed by atoms with Crippen LogP contribution in [0.2, 0.25) is 0 Å². The van der Waals surface area contributed by atoms with E-state index in [1.165, 1.54) is 36.6 Å². The molecular weight excluding hydrogens is 224 g/mol. The van der Waals surface area contributed by atoms with Gasteiger partial charge in [0.25, 0.3) is 0 Å². The van der Waals surface area contributed by atoms with Gasteiger partial charge in [0.15, 0.2) is 0 Å². The summed E-state index contributed by atoms with van der Waals surface area (Å²) >= 11 is 0. The third-order valence-electron chi connectivity index (χ3n) is 4.19. The number of aromatic nitrogens is 1. The predicted molar refractivity (Wildman–Crippen MR) is 73.7 cm³/mol. The van der Waals surface area contributed by atoms with Crippen molar-refractivity contribution in [2.75, 3.05) is 7.11 Å². The van der Waals surface area contributed by atoms with Crippen LogP contribution >= 0.6 is 0 Å². The first-order valence-electron chi connectivity index (χ1n) is 6.70. The number of H-pyrrole nitrogens is 1. The molecule has 1 aromatic heterocycles. The van der Waals surface area contributed by atoms with E-state index in [0.29, 0.717) is 5.92 Å². The molecule has 1 aromatic carbocycles. The molecule has 0 saturated heterocycles. The predicted octanol–water partition coefficient (Wildman–Crippen LogP) is 3.37. The monoisotopic (exact) mass is 244 g/mol. The highest BCUT2D eigenvalue weighted by atomic mass is 16.5. The Balaban J connectivity index is 1.99. The fourth-order valence-electron chi connectivity index (χ4n) is 3.09. The van der Waals surface area contributed by atoms with Crippen molar-refractivity contribution >= 4 is 10.9 Å². The van der Waals surface area contributed by atoms with Gasteiger partial charge in [0.1, 0.15) is 5.75 Å². The van der Waals surface area contributed by atoms with Crippen LogP contribution in [0, 0.1) is 5.92 Å². The molecule has 3 nitrogen and oxygen atoms in total. The van der Waals surface area contributed by atoms with Crippen molar-refractivity contribution in [1.82, 2.24) is 4.98 Å². The van der Waals surface area contributed by atoms with E-state index in [0.717, 1.165) is 11.3 Å². The van der Waals surface area contributed by atoms with Crippen LogP contribution in [0.1, 0.15) is 37.3 Å². The lowest BCUT2D eigenvalue weighted by molar-refractivity contribution is 0.415. The van der Waals surface area contributed by atoms with Gasteiger partial charge in [-0.3, -0.25) is 0 Å². The first kappa shape index (κ1) is 11.6. The van der Waals surface area contributed by atoms with Gasteiger partial charge >= 0.3 is 0 Å². The van der Waals surface area contributed by atoms with Crippen LogP contribution in [0.4, 0.5) is 0 Å². The van der Waals surface area contributed by atoms with Crippen molar-refractivity contribution in [2.24, 2.45) is 11.7 Å². The number of hydrogen-bond donors (Lipinski definition) is 2.